The van der Waals surface area contributed by atoms with Gasteiger partial charge in [-0.2, -0.15) is 0 Å². The first kappa shape index (κ1) is 12.1. The molecule has 2 heteroatoms. The Labute approximate surface area is 82.1 Å². The second kappa shape index (κ2) is 4.95. The highest BCUT2D eigenvalue weighted by Gasteiger charge is 2.11. The molecule has 0 unspecified atom stereocenters. The zero-order valence-corrected chi connectivity index (χ0v) is 9.33. The smallest absolute Gasteiger partial charge is 0.0538 e. The Morgan fingerprint density at radius 3 is 2.08 bits per heavy atom. The van der Waals surface area contributed by atoms with Crippen LogP contribution in [0.2, 0.25) is 0 Å². The highest BCUT2D eigenvalue weighted by Crippen LogP contribution is 2.21. The van der Waals surface area contributed by atoms with E-state index in [2.05, 4.69) is 44.6 Å². The minimum atomic E-state index is 0.297. The third-order valence-electron chi connectivity index (χ3n) is 1.65. The fourth-order valence-electron chi connectivity index (χ4n) is 1.02. The number of hydrogen-bond donors (Lipinski definition) is 2. The molecule has 0 bridgehead atoms. The molecule has 0 fully saturated rings. The van der Waals surface area contributed by atoms with Gasteiger partial charge in [0.2, 0.25) is 0 Å². The maximum Gasteiger partial charge on any atom is 0.0538 e. The van der Waals surface area contributed by atoms with E-state index in [-0.39, 0.29) is 0 Å². The van der Waals surface area contributed by atoms with Crippen molar-refractivity contribution in [2.24, 2.45) is 5.41 Å². The van der Waals surface area contributed by atoms with Gasteiger partial charge in [0.25, 0.3) is 0 Å². The maximum atomic E-state index is 3.97. The van der Waals surface area contributed by atoms with E-state index in [1.165, 1.54) is 0 Å². The molecule has 13 heavy (non-hydrogen) atoms. The average molecular weight is 182 g/mol. The van der Waals surface area contributed by atoms with Crippen molar-refractivity contribution in [1.82, 2.24) is 10.6 Å². The number of hydrogen-bond acceptors (Lipinski definition) is 2. The summed E-state index contributed by atoms with van der Waals surface area (Å²) in [5.74, 6) is 0. The molecule has 0 aromatic rings. The topological polar surface area (TPSA) is 24.1 Å². The van der Waals surface area contributed by atoms with Gasteiger partial charge in [0, 0.05) is 18.4 Å². The lowest BCUT2D eigenvalue weighted by atomic mass is 9.91. The number of rotatable bonds is 5. The van der Waals surface area contributed by atoms with Gasteiger partial charge in [-0.25, -0.2) is 0 Å². The molecular weight excluding hydrogens is 160 g/mol. The Kier molecular flexibility index (Phi) is 4.60. The zero-order chi connectivity index (χ0) is 10.5. The second-order valence-corrected chi connectivity index (χ2v) is 4.55. The molecule has 0 saturated heterocycles. The molecule has 76 valence electrons. The largest absolute Gasteiger partial charge is 0.390 e. The minimum Gasteiger partial charge on any atom is -0.390 e. The Hall–Kier alpha value is -0.920. The summed E-state index contributed by atoms with van der Waals surface area (Å²) in [5.41, 5.74) is 2.35. The van der Waals surface area contributed by atoms with Crippen molar-refractivity contribution in [2.75, 3.05) is 13.6 Å². The van der Waals surface area contributed by atoms with Gasteiger partial charge in [-0.1, -0.05) is 33.9 Å². The Morgan fingerprint density at radius 1 is 1.15 bits per heavy atom. The first-order valence-electron chi connectivity index (χ1n) is 4.62. The summed E-state index contributed by atoms with van der Waals surface area (Å²) >= 11 is 0. The highest BCUT2D eigenvalue weighted by atomic mass is 14.9. The molecule has 0 aromatic carbocycles. The van der Waals surface area contributed by atoms with Crippen LogP contribution in [0.1, 0.15) is 27.2 Å². The van der Waals surface area contributed by atoms with E-state index in [0.29, 0.717) is 5.41 Å². The van der Waals surface area contributed by atoms with E-state index in [1.54, 1.807) is 0 Å². The van der Waals surface area contributed by atoms with Crippen LogP contribution < -0.4 is 10.6 Å². The normalized spacial score (nSPS) is 10.8. The Morgan fingerprint density at radius 2 is 1.69 bits per heavy atom. The van der Waals surface area contributed by atoms with Crippen molar-refractivity contribution in [3.63, 3.8) is 0 Å². The van der Waals surface area contributed by atoms with Crippen molar-refractivity contribution in [1.29, 1.82) is 0 Å². The Bertz CT molecular complexity index is 187. The van der Waals surface area contributed by atoms with Crippen LogP contribution in [-0.4, -0.2) is 13.6 Å². The number of nitrogens with one attached hydrogen (secondary N) is 2. The van der Waals surface area contributed by atoms with Crippen molar-refractivity contribution >= 4 is 0 Å². The minimum absolute atomic E-state index is 0.297. The summed E-state index contributed by atoms with van der Waals surface area (Å²) in [6.07, 6.45) is 0.990. The van der Waals surface area contributed by atoms with Crippen LogP contribution in [-0.2, 0) is 0 Å². The van der Waals surface area contributed by atoms with Crippen molar-refractivity contribution in [3.8, 4) is 0 Å². The first-order chi connectivity index (χ1) is 5.85. The summed E-state index contributed by atoms with van der Waals surface area (Å²) in [6, 6.07) is 0. The quantitative estimate of drug-likeness (QED) is 0.681. The molecule has 0 radical (unpaired) electrons. The molecule has 0 amide bonds. The van der Waals surface area contributed by atoms with Crippen molar-refractivity contribution in [2.45, 2.75) is 27.2 Å². The lowest BCUT2D eigenvalue weighted by Gasteiger charge is -2.21. The molecule has 0 aromatic heterocycles. The first-order valence-corrected chi connectivity index (χ1v) is 4.62. The third kappa shape index (κ3) is 7.44. The molecule has 0 saturated carbocycles. The van der Waals surface area contributed by atoms with Gasteiger partial charge in [-0.05, 0) is 11.8 Å². The van der Waals surface area contributed by atoms with Gasteiger partial charge in [0.05, 0.1) is 6.54 Å². The molecule has 0 aliphatic rings. The maximum absolute atomic E-state index is 3.97. The van der Waals surface area contributed by atoms with Crippen LogP contribution in [0.5, 0.6) is 0 Å². The zero-order valence-electron chi connectivity index (χ0n) is 9.33. The fraction of sp³-hybridized carbons (Fsp3) is 0.636. The summed E-state index contributed by atoms with van der Waals surface area (Å²) in [7, 11) is 1.87. The molecule has 2 nitrogen and oxygen atoms in total. The van der Waals surface area contributed by atoms with E-state index < -0.39 is 0 Å². The Balaban J connectivity index is 3.71. The van der Waals surface area contributed by atoms with Gasteiger partial charge in [0.1, 0.15) is 0 Å². The van der Waals surface area contributed by atoms with Crippen LogP contribution in [0.3, 0.4) is 0 Å². The van der Waals surface area contributed by atoms with Crippen LogP contribution in [0.25, 0.3) is 0 Å². The number of allylic oxidation sites excluding steroid dienone is 1. The van der Waals surface area contributed by atoms with Gasteiger partial charge < -0.3 is 10.6 Å². The van der Waals surface area contributed by atoms with Crippen molar-refractivity contribution < 1.29 is 0 Å². The molecule has 0 aliphatic carbocycles. The summed E-state index contributed by atoms with van der Waals surface area (Å²) in [6.45, 7) is 15.2. The third-order valence-corrected chi connectivity index (χ3v) is 1.65. The van der Waals surface area contributed by atoms with Crippen LogP contribution >= 0.6 is 0 Å². The van der Waals surface area contributed by atoms with E-state index in [1.807, 2.05) is 7.05 Å². The van der Waals surface area contributed by atoms with Gasteiger partial charge in [0.15, 0.2) is 0 Å². The van der Waals surface area contributed by atoms with E-state index in [9.17, 15) is 0 Å². The van der Waals surface area contributed by atoms with E-state index in [4.69, 9.17) is 0 Å². The van der Waals surface area contributed by atoms with Crippen molar-refractivity contribution in [3.05, 3.63) is 24.6 Å². The SMILES string of the molecule is C=C(CNC(=C)CC(C)(C)C)NC. The van der Waals surface area contributed by atoms with Crippen LogP contribution in [0.4, 0.5) is 0 Å². The molecule has 0 rings (SSSR count). The lowest BCUT2D eigenvalue weighted by Crippen LogP contribution is -2.23. The predicted octanol–water partition coefficient (Wildman–Crippen LogP) is 2.26. The average Bonchev–Trinajstić information content (AvgIpc) is 1.97. The molecule has 0 spiro atoms. The van der Waals surface area contributed by atoms with Crippen LogP contribution in [0.15, 0.2) is 24.6 Å². The van der Waals surface area contributed by atoms with Gasteiger partial charge in [-0.15, -0.1) is 0 Å². The standard InChI is InChI=1S/C11H22N2/c1-9(7-11(3,4)5)13-8-10(2)12-6/h12-13H,1-2,7-8H2,3-6H3. The monoisotopic (exact) mass is 182 g/mol. The molecule has 0 heterocycles. The second-order valence-electron chi connectivity index (χ2n) is 4.55. The molecule has 2 N–H and O–H groups in total. The fourth-order valence-corrected chi connectivity index (χ4v) is 1.02. The highest BCUT2D eigenvalue weighted by molar-refractivity contribution is 5.01. The lowest BCUT2D eigenvalue weighted by molar-refractivity contribution is 0.400. The summed E-state index contributed by atoms with van der Waals surface area (Å²) in [5, 5.41) is 6.22. The summed E-state index contributed by atoms with van der Waals surface area (Å²) in [4.78, 5) is 0. The molecule has 0 aliphatic heterocycles. The summed E-state index contributed by atoms with van der Waals surface area (Å²) < 4.78 is 0. The van der Waals surface area contributed by atoms with Gasteiger partial charge in [-0.3, -0.25) is 0 Å². The molecule has 0 atom stereocenters. The van der Waals surface area contributed by atoms with Gasteiger partial charge >= 0.3 is 0 Å². The van der Waals surface area contributed by atoms with E-state index in [0.717, 1.165) is 24.4 Å². The molecular formula is C11H22N2. The predicted molar refractivity (Wildman–Crippen MR) is 59.4 cm³/mol. The number of likely N-dealkylation sites (N-methyl/N-ethyl adjacent to an activating group) is 1. The van der Waals surface area contributed by atoms with E-state index >= 15 is 0 Å². The van der Waals surface area contributed by atoms with Crippen LogP contribution in [0, 0.1) is 5.41 Å².